The number of hydrogen-bond acceptors (Lipinski definition) is 2. The van der Waals surface area contributed by atoms with Crippen LogP contribution in [0.3, 0.4) is 0 Å². The normalized spacial score (nSPS) is 13.1. The Morgan fingerprint density at radius 2 is 1.80 bits per heavy atom. The van der Waals surface area contributed by atoms with Crippen LogP contribution in [0.5, 0.6) is 5.75 Å². The second kappa shape index (κ2) is 4.67. The van der Waals surface area contributed by atoms with E-state index in [4.69, 9.17) is 10.8 Å². The Kier molecular flexibility index (Phi) is 4.36. The number of aromatic hydroxyl groups is 1. The number of benzene rings is 1. The van der Waals surface area contributed by atoms with Crippen LogP contribution in [0.15, 0.2) is 18.2 Å². The average molecular weight is 246 g/mol. The first kappa shape index (κ1) is 14.0. The standard InChI is InChI=1S/C8H7F4NO.ClH/c9-4-1-2-6(14)5(3-4)7(13)8(10,11)12;/h1-3,7,14H,13H2;1H/t7-;/m1./s1. The second-order valence-electron chi connectivity index (χ2n) is 2.72. The summed E-state index contributed by atoms with van der Waals surface area (Å²) in [6, 6.07) is -0.135. The van der Waals surface area contributed by atoms with Gasteiger partial charge >= 0.3 is 6.18 Å². The van der Waals surface area contributed by atoms with Crippen molar-refractivity contribution in [2.24, 2.45) is 5.73 Å². The van der Waals surface area contributed by atoms with E-state index in [1.54, 1.807) is 0 Å². The van der Waals surface area contributed by atoms with E-state index in [-0.39, 0.29) is 12.4 Å². The van der Waals surface area contributed by atoms with E-state index in [0.717, 1.165) is 12.1 Å². The van der Waals surface area contributed by atoms with Crippen molar-refractivity contribution >= 4 is 12.4 Å². The van der Waals surface area contributed by atoms with Crippen molar-refractivity contribution in [2.75, 3.05) is 0 Å². The molecule has 86 valence electrons. The molecular weight excluding hydrogens is 238 g/mol. The van der Waals surface area contributed by atoms with Gasteiger partial charge in [-0.1, -0.05) is 0 Å². The average Bonchev–Trinajstić information content (AvgIpc) is 2.06. The van der Waals surface area contributed by atoms with Crippen molar-refractivity contribution in [2.45, 2.75) is 12.2 Å². The molecule has 1 aromatic rings. The van der Waals surface area contributed by atoms with Crippen molar-refractivity contribution in [3.05, 3.63) is 29.6 Å². The monoisotopic (exact) mass is 245 g/mol. The van der Waals surface area contributed by atoms with Crippen molar-refractivity contribution < 1.29 is 22.7 Å². The van der Waals surface area contributed by atoms with Gasteiger partial charge in [-0.05, 0) is 18.2 Å². The van der Waals surface area contributed by atoms with Crippen molar-refractivity contribution in [3.63, 3.8) is 0 Å². The molecule has 1 rings (SSSR count). The minimum Gasteiger partial charge on any atom is -0.508 e. The van der Waals surface area contributed by atoms with Gasteiger partial charge in [-0.3, -0.25) is 0 Å². The van der Waals surface area contributed by atoms with E-state index in [1.165, 1.54) is 0 Å². The quantitative estimate of drug-likeness (QED) is 0.747. The zero-order valence-electron chi connectivity index (χ0n) is 7.25. The summed E-state index contributed by atoms with van der Waals surface area (Å²) in [5.41, 5.74) is 4.12. The molecule has 0 aliphatic rings. The SMILES string of the molecule is Cl.N[C@H](c1cc(F)ccc1O)C(F)(F)F. The van der Waals surface area contributed by atoms with Crippen LogP contribution in [-0.4, -0.2) is 11.3 Å². The largest absolute Gasteiger partial charge is 0.508 e. The van der Waals surface area contributed by atoms with Gasteiger partial charge in [0.15, 0.2) is 0 Å². The third kappa shape index (κ3) is 3.24. The first-order valence-corrected chi connectivity index (χ1v) is 3.63. The molecular formula is C8H8ClF4NO. The highest BCUT2D eigenvalue weighted by atomic mass is 35.5. The number of alkyl halides is 3. The Bertz CT molecular complexity index is 342. The number of phenols is 1. The lowest BCUT2D eigenvalue weighted by Gasteiger charge is -2.16. The molecule has 3 N–H and O–H groups in total. The fourth-order valence-corrected chi connectivity index (χ4v) is 0.951. The van der Waals surface area contributed by atoms with Crippen LogP contribution in [0, 0.1) is 5.82 Å². The van der Waals surface area contributed by atoms with Crippen molar-refractivity contribution in [1.82, 2.24) is 0 Å². The Morgan fingerprint density at radius 3 is 2.27 bits per heavy atom. The molecule has 0 bridgehead atoms. The third-order valence-electron chi connectivity index (χ3n) is 1.68. The molecule has 7 heteroatoms. The summed E-state index contributed by atoms with van der Waals surface area (Å²) in [5.74, 6) is -1.55. The highest BCUT2D eigenvalue weighted by molar-refractivity contribution is 5.85. The molecule has 0 fully saturated rings. The lowest BCUT2D eigenvalue weighted by Crippen LogP contribution is -2.28. The van der Waals surface area contributed by atoms with Gasteiger partial charge in [0, 0.05) is 5.56 Å². The molecule has 0 saturated heterocycles. The van der Waals surface area contributed by atoms with E-state index >= 15 is 0 Å². The Hall–Kier alpha value is -1.01. The molecule has 0 unspecified atom stereocenters. The van der Waals surface area contributed by atoms with Gasteiger partial charge in [-0.15, -0.1) is 12.4 Å². The lowest BCUT2D eigenvalue weighted by molar-refractivity contribution is -0.149. The summed E-state index contributed by atoms with van der Waals surface area (Å²) in [5, 5.41) is 9.02. The molecule has 0 heterocycles. The number of rotatable bonds is 1. The summed E-state index contributed by atoms with van der Waals surface area (Å²) < 4.78 is 48.8. The van der Waals surface area contributed by atoms with E-state index in [1.807, 2.05) is 0 Å². The molecule has 1 aromatic carbocycles. The van der Waals surface area contributed by atoms with Crippen LogP contribution in [0.4, 0.5) is 17.6 Å². The molecule has 0 saturated carbocycles. The predicted molar refractivity (Wildman–Crippen MR) is 48.3 cm³/mol. The van der Waals surface area contributed by atoms with Gasteiger partial charge in [0.25, 0.3) is 0 Å². The van der Waals surface area contributed by atoms with Gasteiger partial charge < -0.3 is 10.8 Å². The molecule has 0 aliphatic heterocycles. The molecule has 0 aliphatic carbocycles. The minimum atomic E-state index is -4.70. The van der Waals surface area contributed by atoms with Crippen molar-refractivity contribution in [3.8, 4) is 5.75 Å². The van der Waals surface area contributed by atoms with Gasteiger partial charge in [-0.2, -0.15) is 13.2 Å². The predicted octanol–water partition coefficient (Wildman–Crippen LogP) is 2.52. The zero-order valence-corrected chi connectivity index (χ0v) is 8.07. The highest BCUT2D eigenvalue weighted by Gasteiger charge is 2.39. The van der Waals surface area contributed by atoms with E-state index < -0.39 is 29.3 Å². The fourth-order valence-electron chi connectivity index (χ4n) is 0.951. The molecule has 0 amide bonds. The first-order chi connectivity index (χ1) is 6.32. The van der Waals surface area contributed by atoms with Gasteiger partial charge in [0.1, 0.15) is 17.6 Å². The first-order valence-electron chi connectivity index (χ1n) is 3.63. The van der Waals surface area contributed by atoms with Crippen LogP contribution in [0.2, 0.25) is 0 Å². The van der Waals surface area contributed by atoms with Gasteiger partial charge in [0.2, 0.25) is 0 Å². The summed E-state index contributed by atoms with van der Waals surface area (Å²) in [4.78, 5) is 0. The fraction of sp³-hybridized carbons (Fsp3) is 0.250. The molecule has 15 heavy (non-hydrogen) atoms. The summed E-state index contributed by atoms with van der Waals surface area (Å²) in [6.07, 6.45) is -4.70. The molecule has 0 radical (unpaired) electrons. The number of hydrogen-bond donors (Lipinski definition) is 2. The highest BCUT2D eigenvalue weighted by Crippen LogP contribution is 2.34. The van der Waals surface area contributed by atoms with Crippen LogP contribution in [-0.2, 0) is 0 Å². The van der Waals surface area contributed by atoms with Crippen LogP contribution in [0.25, 0.3) is 0 Å². The summed E-state index contributed by atoms with van der Waals surface area (Å²) in [6.45, 7) is 0. The molecule has 0 aromatic heterocycles. The minimum absolute atomic E-state index is 0. The second-order valence-corrected chi connectivity index (χ2v) is 2.72. The summed E-state index contributed by atoms with van der Waals surface area (Å²) in [7, 11) is 0. The van der Waals surface area contributed by atoms with Crippen LogP contribution in [0.1, 0.15) is 11.6 Å². The van der Waals surface area contributed by atoms with Gasteiger partial charge in [-0.25, -0.2) is 4.39 Å². The Balaban J connectivity index is 0.00000196. The maximum atomic E-state index is 12.6. The lowest BCUT2D eigenvalue weighted by atomic mass is 10.1. The summed E-state index contributed by atoms with van der Waals surface area (Å²) >= 11 is 0. The number of nitrogens with two attached hydrogens (primary N) is 1. The molecule has 0 spiro atoms. The Morgan fingerprint density at radius 1 is 1.27 bits per heavy atom. The van der Waals surface area contributed by atoms with E-state index in [2.05, 4.69) is 0 Å². The van der Waals surface area contributed by atoms with E-state index in [9.17, 15) is 17.6 Å². The Labute approximate surface area is 89.1 Å². The number of phenolic OH excluding ortho intramolecular Hbond substituents is 1. The maximum Gasteiger partial charge on any atom is 0.407 e. The van der Waals surface area contributed by atoms with Crippen LogP contribution < -0.4 is 5.73 Å². The number of halogens is 5. The van der Waals surface area contributed by atoms with Crippen molar-refractivity contribution in [1.29, 1.82) is 0 Å². The van der Waals surface area contributed by atoms with Crippen LogP contribution >= 0.6 is 12.4 Å². The van der Waals surface area contributed by atoms with Gasteiger partial charge in [0.05, 0.1) is 0 Å². The maximum absolute atomic E-state index is 12.6. The topological polar surface area (TPSA) is 46.2 Å². The molecule has 2 nitrogen and oxygen atoms in total. The zero-order chi connectivity index (χ0) is 10.9. The third-order valence-corrected chi connectivity index (χ3v) is 1.68. The molecule has 1 atom stereocenters. The smallest absolute Gasteiger partial charge is 0.407 e. The van der Waals surface area contributed by atoms with E-state index in [0.29, 0.717) is 6.07 Å².